The first-order valence-corrected chi connectivity index (χ1v) is 9.77. The molecule has 0 bridgehead atoms. The zero-order valence-electron chi connectivity index (χ0n) is 15.0. The summed E-state index contributed by atoms with van der Waals surface area (Å²) in [5.41, 5.74) is 5.47. The Morgan fingerprint density at radius 1 is 0.773 bits per heavy atom. The Balaban J connectivity index is 0.000000734. The van der Waals surface area contributed by atoms with E-state index in [0.717, 1.165) is 13.2 Å². The number of nitrogens with two attached hydrogens (primary N) is 1. The van der Waals surface area contributed by atoms with Crippen molar-refractivity contribution in [1.82, 2.24) is 0 Å². The molecule has 3 nitrogen and oxygen atoms in total. The largest absolute Gasteiger partial charge is 0.394 e. The van der Waals surface area contributed by atoms with Crippen LogP contribution < -0.4 is 5.73 Å². The molecule has 1 unspecified atom stereocenters. The van der Waals surface area contributed by atoms with Crippen LogP contribution in [-0.4, -0.2) is 31.0 Å². The summed E-state index contributed by atoms with van der Waals surface area (Å²) >= 11 is 0. The topological polar surface area (TPSA) is 58.8 Å². The lowest BCUT2D eigenvalue weighted by Gasteiger charge is -2.02. The van der Waals surface area contributed by atoms with E-state index < -0.39 is 0 Å². The van der Waals surface area contributed by atoms with Gasteiger partial charge in [0.2, 0.25) is 0 Å². The van der Waals surface area contributed by atoms with Crippen LogP contribution in [0.2, 0.25) is 0 Å². The maximum Gasteiger partial charge on any atom is 0.104 e. The quantitative estimate of drug-likeness (QED) is 0.337. The van der Waals surface area contributed by atoms with E-state index in [0.29, 0.717) is 0 Å². The van der Waals surface area contributed by atoms with E-state index in [1.165, 1.54) is 89.9 Å². The number of unbranched alkanes of at least 4 members (excludes halogenated alkanes) is 13. The average Bonchev–Trinajstić information content (AvgIpc) is 3.37. The van der Waals surface area contributed by atoms with Gasteiger partial charge in [-0.05, 0) is 13.0 Å². The summed E-state index contributed by atoms with van der Waals surface area (Å²) in [6.45, 7) is 4.11. The monoisotopic (exact) mass is 315 g/mol. The molecule has 0 amide bonds. The molecule has 1 atom stereocenters. The highest BCUT2D eigenvalue weighted by molar-refractivity contribution is 4.65. The van der Waals surface area contributed by atoms with Crippen molar-refractivity contribution in [3.8, 4) is 0 Å². The fourth-order valence-electron chi connectivity index (χ4n) is 2.51. The molecule has 0 radical (unpaired) electrons. The Hall–Kier alpha value is -0.120. The van der Waals surface area contributed by atoms with Crippen LogP contribution >= 0.6 is 0 Å². The molecule has 3 N–H and O–H groups in total. The van der Waals surface area contributed by atoms with Crippen LogP contribution in [0.5, 0.6) is 0 Å². The molecule has 1 rings (SSSR count). The van der Waals surface area contributed by atoms with Gasteiger partial charge in [0.25, 0.3) is 0 Å². The minimum atomic E-state index is 0.190. The number of aliphatic hydroxyl groups is 1. The minimum absolute atomic E-state index is 0.190. The second-order valence-electron chi connectivity index (χ2n) is 6.52. The van der Waals surface area contributed by atoms with E-state index >= 15 is 0 Å². The number of ether oxygens (including phenoxy) is 1. The molecular weight excluding hydrogens is 274 g/mol. The second-order valence-corrected chi connectivity index (χ2v) is 6.52. The first-order valence-electron chi connectivity index (χ1n) is 9.77. The maximum atomic E-state index is 8.08. The normalized spacial score (nSPS) is 16.2. The van der Waals surface area contributed by atoms with E-state index in [-0.39, 0.29) is 12.7 Å². The molecule has 1 heterocycles. The smallest absolute Gasteiger partial charge is 0.104 e. The molecular formula is C19H41NO2. The van der Waals surface area contributed by atoms with Gasteiger partial charge in [0.05, 0.1) is 13.2 Å². The molecule has 0 spiro atoms. The second kappa shape index (κ2) is 18.9. The molecule has 1 aliphatic heterocycles. The highest BCUT2D eigenvalue weighted by Crippen LogP contribution is 2.12. The predicted octanol–water partition coefficient (Wildman–Crippen LogP) is 4.80. The van der Waals surface area contributed by atoms with Crippen LogP contribution in [0.25, 0.3) is 0 Å². The van der Waals surface area contributed by atoms with Crippen molar-refractivity contribution in [3.63, 3.8) is 0 Å². The summed E-state index contributed by atoms with van der Waals surface area (Å²) in [7, 11) is 0. The lowest BCUT2D eigenvalue weighted by molar-refractivity contribution is 0.244. The summed E-state index contributed by atoms with van der Waals surface area (Å²) in [6, 6.07) is 0. The van der Waals surface area contributed by atoms with Crippen molar-refractivity contribution in [2.45, 2.75) is 103 Å². The lowest BCUT2D eigenvalue weighted by Crippen LogP contribution is -1.97. The molecule has 1 saturated heterocycles. The van der Waals surface area contributed by atoms with Gasteiger partial charge < -0.3 is 15.6 Å². The van der Waals surface area contributed by atoms with E-state index in [1.807, 2.05) is 0 Å². The summed E-state index contributed by atoms with van der Waals surface area (Å²) in [5.74, 6) is 0. The number of rotatable bonds is 15. The third kappa shape index (κ3) is 19.9. The van der Waals surface area contributed by atoms with Gasteiger partial charge in [-0.15, -0.1) is 0 Å². The van der Waals surface area contributed by atoms with Gasteiger partial charge in [-0.25, -0.2) is 0 Å². The van der Waals surface area contributed by atoms with Gasteiger partial charge in [-0.3, -0.25) is 0 Å². The Morgan fingerprint density at radius 3 is 1.36 bits per heavy atom. The van der Waals surface area contributed by atoms with Gasteiger partial charge in [0.1, 0.15) is 6.10 Å². The molecule has 0 aromatic heterocycles. The number of hydrogen-bond acceptors (Lipinski definition) is 3. The third-order valence-corrected chi connectivity index (χ3v) is 4.16. The SMILES string of the molecule is CCCCCCCCCCCCCCCCN.OCC1CO1. The fourth-order valence-corrected chi connectivity index (χ4v) is 2.51. The molecule has 0 aliphatic carbocycles. The molecule has 3 heteroatoms. The highest BCUT2D eigenvalue weighted by Gasteiger charge is 2.19. The molecule has 0 aromatic carbocycles. The van der Waals surface area contributed by atoms with Crippen molar-refractivity contribution in [2.24, 2.45) is 5.73 Å². The van der Waals surface area contributed by atoms with Crippen LogP contribution in [-0.2, 0) is 4.74 Å². The third-order valence-electron chi connectivity index (χ3n) is 4.16. The number of epoxide rings is 1. The Kier molecular flexibility index (Phi) is 18.8. The van der Waals surface area contributed by atoms with E-state index in [9.17, 15) is 0 Å². The van der Waals surface area contributed by atoms with Gasteiger partial charge in [-0.1, -0.05) is 90.4 Å². The molecule has 1 fully saturated rings. The average molecular weight is 316 g/mol. The van der Waals surface area contributed by atoms with Gasteiger partial charge >= 0.3 is 0 Å². The first-order chi connectivity index (χ1) is 10.8. The Morgan fingerprint density at radius 2 is 1.14 bits per heavy atom. The zero-order chi connectivity index (χ0) is 16.3. The van der Waals surface area contributed by atoms with Crippen molar-refractivity contribution < 1.29 is 9.84 Å². The van der Waals surface area contributed by atoms with Crippen LogP contribution in [0, 0.1) is 0 Å². The predicted molar refractivity (Wildman–Crippen MR) is 96.2 cm³/mol. The molecule has 1 aliphatic rings. The summed E-state index contributed by atoms with van der Waals surface area (Å²) in [5, 5.41) is 8.08. The van der Waals surface area contributed by atoms with Crippen molar-refractivity contribution >= 4 is 0 Å². The van der Waals surface area contributed by atoms with Gasteiger partial charge in [0, 0.05) is 0 Å². The van der Waals surface area contributed by atoms with E-state index in [4.69, 9.17) is 10.8 Å². The molecule has 0 saturated carbocycles. The number of hydrogen-bond donors (Lipinski definition) is 2. The van der Waals surface area contributed by atoms with Crippen LogP contribution in [0.15, 0.2) is 0 Å². The van der Waals surface area contributed by atoms with Crippen LogP contribution in [0.3, 0.4) is 0 Å². The molecule has 0 aromatic rings. The Bertz CT molecular complexity index is 182. The summed E-state index contributed by atoms with van der Waals surface area (Å²) in [6.07, 6.45) is 20.1. The van der Waals surface area contributed by atoms with Crippen LogP contribution in [0.1, 0.15) is 96.8 Å². The first kappa shape index (κ1) is 21.9. The van der Waals surface area contributed by atoms with E-state index in [1.54, 1.807) is 0 Å². The van der Waals surface area contributed by atoms with Crippen molar-refractivity contribution in [3.05, 3.63) is 0 Å². The minimum Gasteiger partial charge on any atom is -0.394 e. The van der Waals surface area contributed by atoms with Gasteiger partial charge in [0.15, 0.2) is 0 Å². The standard InChI is InChI=1S/C16H35N.C3H6O2/c1-2-3-4-5-6-7-8-9-10-11-12-13-14-15-16-17;4-1-3-2-5-3/h2-17H2,1H3;3-4H,1-2H2. The summed E-state index contributed by atoms with van der Waals surface area (Å²) < 4.78 is 4.61. The number of aliphatic hydroxyl groups excluding tert-OH is 1. The van der Waals surface area contributed by atoms with Gasteiger partial charge in [-0.2, -0.15) is 0 Å². The van der Waals surface area contributed by atoms with Crippen molar-refractivity contribution in [1.29, 1.82) is 0 Å². The molecule has 22 heavy (non-hydrogen) atoms. The Labute approximate surface area is 139 Å². The molecule has 134 valence electrons. The maximum absolute atomic E-state index is 8.08. The summed E-state index contributed by atoms with van der Waals surface area (Å²) in [4.78, 5) is 0. The zero-order valence-corrected chi connectivity index (χ0v) is 15.0. The van der Waals surface area contributed by atoms with E-state index in [2.05, 4.69) is 11.7 Å². The fraction of sp³-hybridized carbons (Fsp3) is 1.00. The van der Waals surface area contributed by atoms with Crippen LogP contribution in [0.4, 0.5) is 0 Å². The van der Waals surface area contributed by atoms with Crippen molar-refractivity contribution in [2.75, 3.05) is 19.8 Å². The lowest BCUT2D eigenvalue weighted by atomic mass is 10.0. The highest BCUT2D eigenvalue weighted by atomic mass is 16.6.